The van der Waals surface area contributed by atoms with Gasteiger partial charge in [-0.2, -0.15) is 5.10 Å². The minimum atomic E-state index is -0.227. The number of amides is 2. The van der Waals surface area contributed by atoms with E-state index in [0.717, 1.165) is 51.7 Å². The van der Waals surface area contributed by atoms with Gasteiger partial charge in [0.25, 0.3) is 0 Å². The van der Waals surface area contributed by atoms with Crippen molar-refractivity contribution in [2.75, 3.05) is 19.6 Å². The third-order valence-corrected chi connectivity index (χ3v) is 5.00. The number of likely N-dealkylation sites (tertiary alicyclic amines) is 2. The normalized spacial score (nSPS) is 22.6. The Bertz CT molecular complexity index is 535. The molecule has 2 saturated heterocycles. The number of rotatable bonds is 4. The van der Waals surface area contributed by atoms with E-state index in [0.29, 0.717) is 12.5 Å². The zero-order chi connectivity index (χ0) is 16.2. The quantitative estimate of drug-likeness (QED) is 0.851. The van der Waals surface area contributed by atoms with Gasteiger partial charge >= 0.3 is 0 Å². The van der Waals surface area contributed by atoms with Gasteiger partial charge in [0.15, 0.2) is 0 Å². The summed E-state index contributed by atoms with van der Waals surface area (Å²) in [6, 6.07) is 2.10. The maximum atomic E-state index is 12.8. The lowest BCUT2D eigenvalue weighted by Crippen LogP contribution is -2.50. The van der Waals surface area contributed by atoms with Crippen LogP contribution in [0.25, 0.3) is 0 Å². The van der Waals surface area contributed by atoms with Gasteiger partial charge in [-0.05, 0) is 38.2 Å². The van der Waals surface area contributed by atoms with Crippen LogP contribution in [0.3, 0.4) is 0 Å². The smallest absolute Gasteiger partial charge is 0.245 e. The number of nitrogens with zero attached hydrogens (tertiary/aromatic N) is 4. The summed E-state index contributed by atoms with van der Waals surface area (Å²) in [5, 5.41) is 4.30. The van der Waals surface area contributed by atoms with E-state index in [1.165, 1.54) is 0 Å². The molecule has 1 unspecified atom stereocenters. The summed E-state index contributed by atoms with van der Waals surface area (Å²) in [6.07, 6.45) is 8.79. The maximum absolute atomic E-state index is 12.8. The third kappa shape index (κ3) is 3.41. The molecule has 0 bridgehead atoms. The van der Waals surface area contributed by atoms with E-state index in [1.807, 2.05) is 33.7 Å². The van der Waals surface area contributed by atoms with Crippen LogP contribution in [0, 0.1) is 0 Å². The van der Waals surface area contributed by atoms with Crippen LogP contribution in [0.1, 0.15) is 51.5 Å². The molecule has 2 aliphatic rings. The minimum absolute atomic E-state index is 0.134. The highest BCUT2D eigenvalue weighted by molar-refractivity contribution is 5.88. The molecule has 3 heterocycles. The number of carbonyl (C=O) groups excluding carboxylic acids is 2. The Morgan fingerprint density at radius 1 is 1.17 bits per heavy atom. The van der Waals surface area contributed by atoms with Crippen LogP contribution in [0.5, 0.6) is 0 Å². The molecule has 0 N–H and O–H groups in total. The molecule has 0 spiro atoms. The van der Waals surface area contributed by atoms with Crippen molar-refractivity contribution in [1.82, 2.24) is 19.6 Å². The zero-order valence-corrected chi connectivity index (χ0v) is 13.9. The van der Waals surface area contributed by atoms with E-state index in [9.17, 15) is 9.59 Å². The topological polar surface area (TPSA) is 58.4 Å². The van der Waals surface area contributed by atoms with Gasteiger partial charge in [0.1, 0.15) is 6.04 Å². The lowest BCUT2D eigenvalue weighted by atomic mass is 10.0. The van der Waals surface area contributed by atoms with Gasteiger partial charge < -0.3 is 9.80 Å². The van der Waals surface area contributed by atoms with Crippen LogP contribution in [0.2, 0.25) is 0 Å². The van der Waals surface area contributed by atoms with E-state index in [2.05, 4.69) is 5.10 Å². The highest BCUT2D eigenvalue weighted by Crippen LogP contribution is 2.25. The predicted molar refractivity (Wildman–Crippen MR) is 86.7 cm³/mol. The summed E-state index contributed by atoms with van der Waals surface area (Å²) in [4.78, 5) is 28.8. The molecule has 2 fully saturated rings. The van der Waals surface area contributed by atoms with E-state index in [4.69, 9.17) is 0 Å². The summed E-state index contributed by atoms with van der Waals surface area (Å²) >= 11 is 0. The molecule has 6 heteroatoms. The van der Waals surface area contributed by atoms with Gasteiger partial charge in [0.2, 0.25) is 11.8 Å². The number of piperidine rings is 1. The Balaban J connectivity index is 1.57. The van der Waals surface area contributed by atoms with E-state index >= 15 is 0 Å². The second-order valence-electron chi connectivity index (χ2n) is 6.54. The number of hydrogen-bond acceptors (Lipinski definition) is 3. The monoisotopic (exact) mass is 318 g/mol. The first-order valence-electron chi connectivity index (χ1n) is 8.78. The van der Waals surface area contributed by atoms with E-state index in [-0.39, 0.29) is 17.9 Å². The lowest BCUT2D eigenvalue weighted by molar-refractivity contribution is -0.144. The average molecular weight is 318 g/mol. The molecule has 126 valence electrons. The Morgan fingerprint density at radius 3 is 2.61 bits per heavy atom. The molecular formula is C17H26N4O2. The van der Waals surface area contributed by atoms with E-state index in [1.54, 1.807) is 6.20 Å². The molecule has 0 saturated carbocycles. The molecule has 1 atom stereocenters. The zero-order valence-electron chi connectivity index (χ0n) is 13.9. The SMILES string of the molecule is CCCC(=O)N1CCCC1C(=O)N1CCC(n2cccn2)CC1. The highest BCUT2D eigenvalue weighted by Gasteiger charge is 2.37. The third-order valence-electron chi connectivity index (χ3n) is 5.00. The largest absolute Gasteiger partial charge is 0.341 e. The van der Waals surface area contributed by atoms with Crippen LogP contribution < -0.4 is 0 Å². The molecule has 0 radical (unpaired) electrons. The Morgan fingerprint density at radius 2 is 1.96 bits per heavy atom. The van der Waals surface area contributed by atoms with Crippen molar-refractivity contribution in [1.29, 1.82) is 0 Å². The van der Waals surface area contributed by atoms with Gasteiger partial charge in [0.05, 0.1) is 6.04 Å². The molecule has 23 heavy (non-hydrogen) atoms. The first-order chi connectivity index (χ1) is 11.2. The summed E-state index contributed by atoms with van der Waals surface area (Å²) < 4.78 is 1.99. The average Bonchev–Trinajstić information content (AvgIpc) is 3.26. The van der Waals surface area contributed by atoms with Gasteiger partial charge in [-0.15, -0.1) is 0 Å². The predicted octanol–water partition coefficient (Wildman–Crippen LogP) is 1.84. The van der Waals surface area contributed by atoms with Crippen LogP contribution in [0.15, 0.2) is 18.5 Å². The summed E-state index contributed by atoms with van der Waals surface area (Å²) in [5.74, 6) is 0.278. The molecule has 0 aromatic carbocycles. The second kappa shape index (κ2) is 7.15. The highest BCUT2D eigenvalue weighted by atomic mass is 16.2. The minimum Gasteiger partial charge on any atom is -0.341 e. The van der Waals surface area contributed by atoms with Gasteiger partial charge in [-0.3, -0.25) is 14.3 Å². The fraction of sp³-hybridized carbons (Fsp3) is 0.706. The van der Waals surface area contributed by atoms with Crippen molar-refractivity contribution < 1.29 is 9.59 Å². The van der Waals surface area contributed by atoms with Crippen LogP contribution in [-0.2, 0) is 9.59 Å². The molecular weight excluding hydrogens is 292 g/mol. The van der Waals surface area contributed by atoms with Crippen molar-refractivity contribution in [3.05, 3.63) is 18.5 Å². The molecule has 6 nitrogen and oxygen atoms in total. The fourth-order valence-electron chi connectivity index (χ4n) is 3.74. The fourth-order valence-corrected chi connectivity index (χ4v) is 3.74. The van der Waals surface area contributed by atoms with Crippen LogP contribution in [0.4, 0.5) is 0 Å². The molecule has 0 aliphatic carbocycles. The Kier molecular flexibility index (Phi) is 4.98. The lowest BCUT2D eigenvalue weighted by Gasteiger charge is -2.35. The molecule has 1 aromatic rings. The van der Waals surface area contributed by atoms with Crippen LogP contribution >= 0.6 is 0 Å². The van der Waals surface area contributed by atoms with Gasteiger partial charge in [0, 0.05) is 38.4 Å². The second-order valence-corrected chi connectivity index (χ2v) is 6.54. The summed E-state index contributed by atoms with van der Waals surface area (Å²) in [6.45, 7) is 4.26. The Labute approximate surface area is 137 Å². The van der Waals surface area contributed by atoms with Crippen molar-refractivity contribution in [3.63, 3.8) is 0 Å². The maximum Gasteiger partial charge on any atom is 0.245 e. The molecule has 2 aliphatic heterocycles. The van der Waals surface area contributed by atoms with Crippen LogP contribution in [-0.4, -0.2) is 57.1 Å². The molecule has 1 aromatic heterocycles. The van der Waals surface area contributed by atoms with Crippen molar-refractivity contribution in [2.24, 2.45) is 0 Å². The summed E-state index contributed by atoms with van der Waals surface area (Å²) in [5.41, 5.74) is 0. The van der Waals surface area contributed by atoms with Crippen molar-refractivity contribution >= 4 is 11.8 Å². The Hall–Kier alpha value is -1.85. The molecule has 2 amide bonds. The van der Waals surface area contributed by atoms with Gasteiger partial charge in [-0.25, -0.2) is 0 Å². The number of carbonyl (C=O) groups is 2. The molecule has 3 rings (SSSR count). The number of hydrogen-bond donors (Lipinski definition) is 0. The summed E-state index contributed by atoms with van der Waals surface area (Å²) in [7, 11) is 0. The van der Waals surface area contributed by atoms with Gasteiger partial charge in [-0.1, -0.05) is 6.92 Å². The first-order valence-corrected chi connectivity index (χ1v) is 8.78. The first kappa shape index (κ1) is 16.0. The van der Waals surface area contributed by atoms with Crippen molar-refractivity contribution in [3.8, 4) is 0 Å². The van der Waals surface area contributed by atoms with E-state index < -0.39 is 0 Å². The standard InChI is InChI=1S/C17H26N4O2/c1-2-5-16(22)20-10-3-6-15(20)17(23)19-12-7-14(8-13-19)21-11-4-9-18-21/h4,9,11,14-15H,2-3,5-8,10,12-13H2,1H3. The number of aromatic nitrogens is 2. The van der Waals surface area contributed by atoms with Crippen molar-refractivity contribution in [2.45, 2.75) is 57.5 Å².